The molecule has 3 fully saturated rings. The third-order valence-electron chi connectivity index (χ3n) is 8.05. The highest BCUT2D eigenvalue weighted by molar-refractivity contribution is 6.04. The number of rotatable bonds is 7. The van der Waals surface area contributed by atoms with Gasteiger partial charge in [0.1, 0.15) is 11.6 Å². The topological polar surface area (TPSA) is 108 Å². The van der Waals surface area contributed by atoms with Crippen molar-refractivity contribution in [1.82, 2.24) is 10.2 Å². The van der Waals surface area contributed by atoms with Crippen LogP contribution in [0, 0.1) is 11.8 Å². The van der Waals surface area contributed by atoms with Gasteiger partial charge >= 0.3 is 0 Å². The zero-order valence-electron chi connectivity index (χ0n) is 20.4. The van der Waals surface area contributed by atoms with Crippen molar-refractivity contribution in [3.8, 4) is 0 Å². The van der Waals surface area contributed by atoms with Crippen LogP contribution in [0.3, 0.4) is 0 Å². The maximum Gasteiger partial charge on any atom is 0.250 e. The van der Waals surface area contributed by atoms with Crippen LogP contribution < -0.4 is 10.6 Å². The molecule has 3 aliphatic heterocycles. The van der Waals surface area contributed by atoms with E-state index in [2.05, 4.69) is 10.6 Å². The monoisotopic (exact) mass is 479 g/mol. The number of likely N-dealkylation sites (tertiary alicyclic amines) is 1. The fraction of sp³-hybridized carbons (Fsp3) is 0.519. The third-order valence-corrected chi connectivity index (χ3v) is 8.05. The zero-order chi connectivity index (χ0) is 25.0. The van der Waals surface area contributed by atoms with E-state index in [0.29, 0.717) is 25.1 Å². The molecular weight excluding hydrogens is 446 g/mol. The number of hydrogen-bond acceptors (Lipinski definition) is 5. The minimum atomic E-state index is -1.11. The Morgan fingerprint density at radius 3 is 2.63 bits per heavy atom. The fourth-order valence-corrected chi connectivity index (χ4v) is 6.46. The second-order valence-electron chi connectivity index (χ2n) is 10.3. The van der Waals surface area contributed by atoms with E-state index in [-0.39, 0.29) is 24.3 Å². The number of aliphatic hydroxyl groups excluding tert-OH is 1. The molecule has 3 N–H and O–H groups in total. The first-order chi connectivity index (χ1) is 16.8. The average Bonchev–Trinajstić information content (AvgIpc) is 3.42. The zero-order valence-corrected chi connectivity index (χ0v) is 20.4. The van der Waals surface area contributed by atoms with Gasteiger partial charge in [-0.15, -0.1) is 0 Å². The quantitative estimate of drug-likeness (QED) is 0.565. The number of amides is 3. The molecule has 2 aromatic rings. The summed E-state index contributed by atoms with van der Waals surface area (Å²) in [5, 5.41) is 17.9. The number of carbonyl (C=O) groups is 3. The van der Waals surface area contributed by atoms with Gasteiger partial charge in [-0.25, -0.2) is 0 Å². The molecule has 8 heteroatoms. The summed E-state index contributed by atoms with van der Waals surface area (Å²) in [7, 11) is 0. The van der Waals surface area contributed by atoms with Gasteiger partial charge in [-0.1, -0.05) is 37.3 Å². The standard InChI is InChI=1S/C27H33N3O5/c1-4-13-28-23(32)20-21-25(34)30(16(2)15-31)22(27(21)12-11-26(20,3)35-27)24(33)29-19-10-9-17-7-5-6-8-18(17)14-19/h5-10,14,16,20-22,31H,4,11-13,15H2,1-3H3,(H,28,32)(H,29,33)/t16-,20-,21+,22?,26+,27?/m1/s1. The molecule has 6 atom stereocenters. The maximum absolute atomic E-state index is 13.8. The fourth-order valence-electron chi connectivity index (χ4n) is 6.46. The van der Waals surface area contributed by atoms with Crippen molar-refractivity contribution in [3.63, 3.8) is 0 Å². The van der Waals surface area contributed by atoms with E-state index in [4.69, 9.17) is 4.74 Å². The molecule has 8 nitrogen and oxygen atoms in total. The second kappa shape index (κ2) is 8.60. The summed E-state index contributed by atoms with van der Waals surface area (Å²) in [5.41, 5.74) is -1.30. The highest BCUT2D eigenvalue weighted by Gasteiger charge is 2.78. The predicted octanol–water partition coefficient (Wildman–Crippen LogP) is 2.45. The number of carbonyl (C=O) groups excluding carboxylic acids is 3. The van der Waals surface area contributed by atoms with Crippen molar-refractivity contribution in [2.45, 2.75) is 63.3 Å². The smallest absolute Gasteiger partial charge is 0.250 e. The van der Waals surface area contributed by atoms with Gasteiger partial charge in [0, 0.05) is 12.2 Å². The number of nitrogens with zero attached hydrogens (tertiary/aromatic N) is 1. The van der Waals surface area contributed by atoms with E-state index in [1.165, 1.54) is 4.90 Å². The van der Waals surface area contributed by atoms with Gasteiger partial charge in [0.25, 0.3) is 0 Å². The van der Waals surface area contributed by atoms with Crippen molar-refractivity contribution < 1.29 is 24.2 Å². The summed E-state index contributed by atoms with van der Waals surface area (Å²) >= 11 is 0. The maximum atomic E-state index is 13.8. The number of hydrogen-bond donors (Lipinski definition) is 3. The number of aliphatic hydroxyl groups is 1. The number of benzene rings is 2. The van der Waals surface area contributed by atoms with Gasteiger partial charge in [0.15, 0.2) is 0 Å². The molecule has 0 saturated carbocycles. The summed E-state index contributed by atoms with van der Waals surface area (Å²) in [6.07, 6.45) is 1.87. The third kappa shape index (κ3) is 3.53. The van der Waals surface area contributed by atoms with Crippen molar-refractivity contribution in [2.75, 3.05) is 18.5 Å². The average molecular weight is 480 g/mol. The number of fused-ring (bicyclic) bond motifs is 2. The van der Waals surface area contributed by atoms with Crippen LogP contribution in [-0.4, -0.2) is 64.2 Å². The van der Waals surface area contributed by atoms with E-state index in [1.807, 2.05) is 56.3 Å². The molecule has 2 unspecified atom stereocenters. The second-order valence-corrected chi connectivity index (χ2v) is 10.3. The predicted molar refractivity (Wildman–Crippen MR) is 131 cm³/mol. The molecule has 3 saturated heterocycles. The normalized spacial score (nSPS) is 32.1. The molecule has 0 radical (unpaired) electrons. The summed E-state index contributed by atoms with van der Waals surface area (Å²) in [6, 6.07) is 12.0. The highest BCUT2D eigenvalue weighted by Crippen LogP contribution is 2.63. The molecule has 3 aliphatic rings. The van der Waals surface area contributed by atoms with E-state index in [9.17, 15) is 19.5 Å². The molecule has 35 heavy (non-hydrogen) atoms. The number of anilines is 1. The first kappa shape index (κ1) is 23.8. The van der Waals surface area contributed by atoms with Crippen molar-refractivity contribution in [2.24, 2.45) is 11.8 Å². The van der Waals surface area contributed by atoms with Crippen molar-refractivity contribution >= 4 is 34.2 Å². The van der Waals surface area contributed by atoms with Gasteiger partial charge in [-0.3, -0.25) is 14.4 Å². The Bertz CT molecular complexity index is 1180. The Morgan fingerprint density at radius 1 is 1.17 bits per heavy atom. The largest absolute Gasteiger partial charge is 0.394 e. The van der Waals surface area contributed by atoms with Crippen molar-refractivity contribution in [3.05, 3.63) is 42.5 Å². The van der Waals surface area contributed by atoms with Crippen LogP contribution in [-0.2, 0) is 19.1 Å². The van der Waals surface area contributed by atoms with Crippen LogP contribution in [0.4, 0.5) is 5.69 Å². The molecule has 2 bridgehead atoms. The van der Waals surface area contributed by atoms with Crippen LogP contribution in [0.1, 0.15) is 40.0 Å². The van der Waals surface area contributed by atoms with Crippen LogP contribution in [0.25, 0.3) is 10.8 Å². The highest BCUT2D eigenvalue weighted by atomic mass is 16.5. The molecule has 1 spiro atoms. The lowest BCUT2D eigenvalue weighted by Crippen LogP contribution is -2.55. The molecule has 0 aliphatic carbocycles. The molecule has 0 aromatic heterocycles. The molecule has 3 amide bonds. The first-order valence-electron chi connectivity index (χ1n) is 12.5. The van der Waals surface area contributed by atoms with E-state index < -0.39 is 35.1 Å². The summed E-state index contributed by atoms with van der Waals surface area (Å²) in [5.74, 6) is -2.32. The lowest BCUT2D eigenvalue weighted by molar-refractivity contribution is -0.147. The SMILES string of the molecule is CCCNC(=O)[C@H]1[C@H]2C(=O)N([C@H](C)CO)C(C(=O)Nc3ccc4ccccc4c3)C23CC[C@]1(C)O3. The number of ether oxygens (including phenoxy) is 1. The lowest BCUT2D eigenvalue weighted by Gasteiger charge is -2.35. The molecule has 186 valence electrons. The van der Waals surface area contributed by atoms with Gasteiger partial charge in [0.2, 0.25) is 17.7 Å². The van der Waals surface area contributed by atoms with E-state index in [1.54, 1.807) is 6.92 Å². The first-order valence-corrected chi connectivity index (χ1v) is 12.5. The Kier molecular flexibility index (Phi) is 5.84. The van der Waals surface area contributed by atoms with E-state index in [0.717, 1.165) is 17.2 Å². The van der Waals surface area contributed by atoms with Gasteiger partial charge in [-0.05, 0) is 56.0 Å². The van der Waals surface area contributed by atoms with Gasteiger partial charge in [-0.2, -0.15) is 0 Å². The van der Waals surface area contributed by atoms with Gasteiger partial charge < -0.3 is 25.4 Å². The Balaban J connectivity index is 1.51. The Hall–Kier alpha value is -2.97. The summed E-state index contributed by atoms with van der Waals surface area (Å²) in [6.45, 7) is 5.79. The minimum Gasteiger partial charge on any atom is -0.394 e. The molecule has 5 rings (SSSR count). The van der Waals surface area contributed by atoms with Gasteiger partial charge in [0.05, 0.1) is 30.1 Å². The van der Waals surface area contributed by atoms with Crippen molar-refractivity contribution in [1.29, 1.82) is 0 Å². The number of nitrogens with one attached hydrogen (secondary N) is 2. The Labute approximate surface area is 205 Å². The van der Waals surface area contributed by atoms with E-state index >= 15 is 0 Å². The molecule has 3 heterocycles. The van der Waals surface area contributed by atoms with Crippen LogP contribution in [0.15, 0.2) is 42.5 Å². The van der Waals surface area contributed by atoms with Crippen LogP contribution in [0.5, 0.6) is 0 Å². The van der Waals surface area contributed by atoms with Crippen LogP contribution >= 0.6 is 0 Å². The molecule has 2 aromatic carbocycles. The summed E-state index contributed by atoms with van der Waals surface area (Å²) in [4.78, 5) is 42.3. The van der Waals surface area contributed by atoms with Crippen LogP contribution in [0.2, 0.25) is 0 Å². The Morgan fingerprint density at radius 2 is 1.91 bits per heavy atom. The molecular formula is C27H33N3O5. The minimum absolute atomic E-state index is 0.207. The lowest BCUT2D eigenvalue weighted by atomic mass is 9.66. The summed E-state index contributed by atoms with van der Waals surface area (Å²) < 4.78 is 6.56.